The smallest absolute Gasteiger partial charge is 0.227 e. The second-order valence-corrected chi connectivity index (χ2v) is 7.91. The number of nitrogens with two attached hydrogens (primary N) is 1. The third-order valence-electron chi connectivity index (χ3n) is 5.73. The maximum Gasteiger partial charge on any atom is 0.227 e. The Hall–Kier alpha value is -1.59. The van der Waals surface area contributed by atoms with Gasteiger partial charge in [0.2, 0.25) is 11.8 Å². The maximum atomic E-state index is 12.6. The highest BCUT2D eigenvalue weighted by Gasteiger charge is 2.40. The van der Waals surface area contributed by atoms with Crippen LogP contribution < -0.4 is 16.4 Å². The van der Waals surface area contributed by atoms with Crippen LogP contribution in [0.4, 0.5) is 11.4 Å². The molecule has 0 saturated heterocycles. The molecular formula is C20H30ClN3O2. The summed E-state index contributed by atoms with van der Waals surface area (Å²) in [4.78, 5) is 24.3. The van der Waals surface area contributed by atoms with Gasteiger partial charge in [0.15, 0.2) is 0 Å². The summed E-state index contributed by atoms with van der Waals surface area (Å²) in [5, 5.41) is 5.88. The number of anilines is 2. The molecule has 5 nitrogen and oxygen atoms in total. The van der Waals surface area contributed by atoms with Crippen molar-refractivity contribution in [1.29, 1.82) is 0 Å². The molecule has 1 aromatic rings. The second-order valence-electron chi connectivity index (χ2n) is 7.91. The van der Waals surface area contributed by atoms with Crippen molar-refractivity contribution < 1.29 is 9.59 Å². The van der Waals surface area contributed by atoms with Crippen LogP contribution in [0.2, 0.25) is 0 Å². The first kappa shape index (κ1) is 20.7. The Kier molecular flexibility index (Phi) is 7.07. The zero-order chi connectivity index (χ0) is 18.0. The standard InChI is InChI=1S/C20H29N3O2.ClH/c1-12(2)19(24)22-16-6-8-17(9-7-16)23-20(25)15-10-13-4-3-5-14(11-15)18(13)21;/h6-9,12-15,18H,3-5,10-11,21H2,1-2H3,(H,22,24)(H,23,25);1H. The van der Waals surface area contributed by atoms with Crippen LogP contribution in [-0.2, 0) is 9.59 Å². The number of amides is 2. The van der Waals surface area contributed by atoms with Crippen molar-refractivity contribution in [3.8, 4) is 0 Å². The molecule has 2 aliphatic rings. The van der Waals surface area contributed by atoms with Gasteiger partial charge in [0.1, 0.15) is 0 Å². The van der Waals surface area contributed by atoms with Crippen LogP contribution >= 0.6 is 12.4 Å². The van der Waals surface area contributed by atoms with Crippen LogP contribution in [0, 0.1) is 23.7 Å². The number of rotatable bonds is 4. The van der Waals surface area contributed by atoms with Crippen LogP contribution in [-0.4, -0.2) is 17.9 Å². The van der Waals surface area contributed by atoms with Crippen molar-refractivity contribution in [3.05, 3.63) is 24.3 Å². The van der Waals surface area contributed by atoms with Gasteiger partial charge in [-0.3, -0.25) is 9.59 Å². The third-order valence-corrected chi connectivity index (χ3v) is 5.73. The molecule has 2 bridgehead atoms. The predicted molar refractivity (Wildman–Crippen MR) is 107 cm³/mol. The molecule has 0 heterocycles. The van der Waals surface area contributed by atoms with E-state index in [-0.39, 0.29) is 42.1 Å². The van der Waals surface area contributed by atoms with Gasteiger partial charge in [-0.1, -0.05) is 20.3 Å². The van der Waals surface area contributed by atoms with Gasteiger partial charge in [-0.2, -0.15) is 0 Å². The molecule has 2 saturated carbocycles. The Morgan fingerprint density at radius 1 is 1.00 bits per heavy atom. The lowest BCUT2D eigenvalue weighted by molar-refractivity contribution is -0.122. The zero-order valence-electron chi connectivity index (χ0n) is 15.5. The van der Waals surface area contributed by atoms with Crippen molar-refractivity contribution >= 4 is 35.6 Å². The van der Waals surface area contributed by atoms with Gasteiger partial charge in [-0.25, -0.2) is 0 Å². The van der Waals surface area contributed by atoms with Crippen LogP contribution in [0.3, 0.4) is 0 Å². The first-order valence-electron chi connectivity index (χ1n) is 9.41. The van der Waals surface area contributed by atoms with E-state index in [0.717, 1.165) is 37.1 Å². The second kappa shape index (κ2) is 8.87. The summed E-state index contributed by atoms with van der Waals surface area (Å²) in [5.41, 5.74) is 7.83. The molecule has 2 amide bonds. The minimum atomic E-state index is -0.0588. The van der Waals surface area contributed by atoms with E-state index in [0.29, 0.717) is 11.8 Å². The van der Waals surface area contributed by atoms with Gasteiger partial charge >= 0.3 is 0 Å². The summed E-state index contributed by atoms with van der Waals surface area (Å²) in [5.74, 6) is 1.09. The third kappa shape index (κ3) is 4.77. The van der Waals surface area contributed by atoms with Gasteiger partial charge < -0.3 is 16.4 Å². The topological polar surface area (TPSA) is 84.2 Å². The van der Waals surface area contributed by atoms with Crippen molar-refractivity contribution in [2.75, 3.05) is 10.6 Å². The van der Waals surface area contributed by atoms with Crippen molar-refractivity contribution in [1.82, 2.24) is 0 Å². The SMILES string of the molecule is CC(C)C(=O)Nc1ccc(NC(=O)C2CC3CCCC(C2)C3N)cc1.Cl. The minimum Gasteiger partial charge on any atom is -0.327 e. The van der Waals surface area contributed by atoms with Crippen LogP contribution in [0.15, 0.2) is 24.3 Å². The molecule has 0 radical (unpaired) electrons. The minimum absolute atomic E-state index is 0. The van der Waals surface area contributed by atoms with E-state index in [1.807, 2.05) is 38.1 Å². The summed E-state index contributed by atoms with van der Waals surface area (Å²) in [7, 11) is 0. The largest absolute Gasteiger partial charge is 0.327 e. The lowest BCUT2D eigenvalue weighted by atomic mass is 9.65. The average Bonchev–Trinajstić information content (AvgIpc) is 2.56. The first-order chi connectivity index (χ1) is 11.9. The van der Waals surface area contributed by atoms with E-state index < -0.39 is 0 Å². The monoisotopic (exact) mass is 379 g/mol. The van der Waals surface area contributed by atoms with Crippen molar-refractivity contribution in [3.63, 3.8) is 0 Å². The molecule has 0 aromatic heterocycles. The fourth-order valence-corrected chi connectivity index (χ4v) is 4.17. The number of hydrogen-bond acceptors (Lipinski definition) is 3. The average molecular weight is 380 g/mol. The Morgan fingerprint density at radius 2 is 1.50 bits per heavy atom. The molecule has 0 spiro atoms. The molecule has 2 unspecified atom stereocenters. The molecule has 4 N–H and O–H groups in total. The molecule has 26 heavy (non-hydrogen) atoms. The summed E-state index contributed by atoms with van der Waals surface area (Å²) < 4.78 is 0. The summed E-state index contributed by atoms with van der Waals surface area (Å²) in [6.45, 7) is 3.71. The van der Waals surface area contributed by atoms with Crippen molar-refractivity contribution in [2.24, 2.45) is 29.4 Å². The molecule has 0 aliphatic heterocycles. The molecule has 2 atom stereocenters. The Balaban J connectivity index is 0.00000243. The highest BCUT2D eigenvalue weighted by atomic mass is 35.5. The molecule has 144 valence electrons. The number of benzene rings is 1. The molecule has 1 aromatic carbocycles. The van der Waals surface area contributed by atoms with Gasteiger partial charge in [-0.05, 0) is 61.8 Å². The lowest BCUT2D eigenvalue weighted by Crippen LogP contribution is -2.48. The number of hydrogen-bond donors (Lipinski definition) is 3. The highest BCUT2D eigenvalue weighted by Crippen LogP contribution is 2.42. The van der Waals surface area contributed by atoms with Crippen LogP contribution in [0.1, 0.15) is 46.0 Å². The van der Waals surface area contributed by atoms with Crippen LogP contribution in [0.5, 0.6) is 0 Å². The number of nitrogens with one attached hydrogen (secondary N) is 2. The number of carbonyl (C=O) groups is 2. The van der Waals surface area contributed by atoms with Gasteiger partial charge in [0.25, 0.3) is 0 Å². The molecule has 6 heteroatoms. The summed E-state index contributed by atoms with van der Waals surface area (Å²) in [6, 6.07) is 7.59. The zero-order valence-corrected chi connectivity index (χ0v) is 16.4. The predicted octanol–water partition coefficient (Wildman–Crippen LogP) is 3.80. The normalized spacial score (nSPS) is 27.4. The fourth-order valence-electron chi connectivity index (χ4n) is 4.17. The van der Waals surface area contributed by atoms with E-state index in [4.69, 9.17) is 5.73 Å². The Morgan fingerprint density at radius 3 is 2.00 bits per heavy atom. The van der Waals surface area contributed by atoms with E-state index in [1.54, 1.807) is 0 Å². The number of carbonyl (C=O) groups excluding carboxylic acids is 2. The van der Waals surface area contributed by atoms with E-state index in [1.165, 1.54) is 6.42 Å². The Labute approximate surface area is 161 Å². The van der Waals surface area contributed by atoms with Crippen molar-refractivity contribution in [2.45, 2.75) is 52.0 Å². The quantitative estimate of drug-likeness (QED) is 0.743. The fraction of sp³-hybridized carbons (Fsp3) is 0.600. The summed E-state index contributed by atoms with van der Waals surface area (Å²) in [6.07, 6.45) is 5.39. The molecule has 2 fully saturated rings. The van der Waals surface area contributed by atoms with Gasteiger partial charge in [0.05, 0.1) is 0 Å². The Bertz CT molecular complexity index is 618. The first-order valence-corrected chi connectivity index (χ1v) is 9.41. The van der Waals surface area contributed by atoms with Crippen LogP contribution in [0.25, 0.3) is 0 Å². The van der Waals surface area contributed by atoms with Gasteiger partial charge in [0, 0.05) is 29.3 Å². The highest BCUT2D eigenvalue weighted by molar-refractivity contribution is 5.94. The molecular weight excluding hydrogens is 350 g/mol. The van der Waals surface area contributed by atoms with E-state index in [9.17, 15) is 9.59 Å². The van der Waals surface area contributed by atoms with E-state index in [2.05, 4.69) is 10.6 Å². The number of fused-ring (bicyclic) bond motifs is 2. The van der Waals surface area contributed by atoms with Gasteiger partial charge in [-0.15, -0.1) is 12.4 Å². The maximum absolute atomic E-state index is 12.6. The molecule has 2 aliphatic carbocycles. The summed E-state index contributed by atoms with van der Waals surface area (Å²) >= 11 is 0. The van der Waals surface area contributed by atoms with E-state index >= 15 is 0 Å². The lowest BCUT2D eigenvalue weighted by Gasteiger charge is -2.43. The number of halogens is 1. The molecule has 3 rings (SSSR count).